The molecule has 0 aromatic rings. The van der Waals surface area contributed by atoms with Gasteiger partial charge < -0.3 is 83.9 Å². The standard InChI is InChI=1S/C49H78O19/c1-23(51)61-20-25-33(54)36(57)40(65-25)67-38-35(56)32(53)26(21-62-39-37(58)34(55)31(52)24(19-50)64-39)66-41(38)63-22-44(4)13-8-14-45(5)28(44)11-15-46(6)29(45)9-10-30-47(46,7)17-18-49(60)27-12-16-48(30,49)42(59)68-43(27,2)3/h24-41,50,52-58,60H,8-22H2,1-7H3. The van der Waals surface area contributed by atoms with Crippen molar-refractivity contribution >= 4 is 11.9 Å². The van der Waals surface area contributed by atoms with Gasteiger partial charge in [-0.05, 0) is 117 Å². The minimum Gasteiger partial charge on any atom is -0.463 e. The average Bonchev–Trinajstić information content (AvgIpc) is 3.71. The summed E-state index contributed by atoms with van der Waals surface area (Å²) >= 11 is 0. The Morgan fingerprint density at radius 1 is 0.618 bits per heavy atom. The van der Waals surface area contributed by atoms with Gasteiger partial charge >= 0.3 is 11.9 Å². The van der Waals surface area contributed by atoms with Crippen LogP contribution >= 0.6 is 0 Å². The van der Waals surface area contributed by atoms with E-state index >= 15 is 0 Å². The second-order valence-corrected chi connectivity index (χ2v) is 23.9. The molecule has 5 aliphatic carbocycles. The minimum atomic E-state index is -1.76. The maximum Gasteiger partial charge on any atom is 0.315 e. The van der Waals surface area contributed by atoms with Gasteiger partial charge in [0.05, 0.1) is 25.4 Å². The van der Waals surface area contributed by atoms with Crippen LogP contribution in [0.25, 0.3) is 0 Å². The Labute approximate surface area is 398 Å². The topological polar surface area (TPSA) is 290 Å². The number of aliphatic hydroxyl groups is 9. The molecule has 19 nitrogen and oxygen atoms in total. The highest BCUT2D eigenvalue weighted by Gasteiger charge is 2.81. The molecule has 9 rings (SSSR count). The summed E-state index contributed by atoms with van der Waals surface area (Å²) in [5.74, 6) is -0.483. The fraction of sp³-hybridized carbons (Fsp3) is 0.959. The Bertz CT molecular complexity index is 1890. The molecule has 4 aliphatic heterocycles. The van der Waals surface area contributed by atoms with Crippen LogP contribution in [0.2, 0.25) is 0 Å². The van der Waals surface area contributed by atoms with Crippen LogP contribution in [0.4, 0.5) is 0 Å². The molecule has 68 heavy (non-hydrogen) atoms. The predicted molar refractivity (Wildman–Crippen MR) is 233 cm³/mol. The van der Waals surface area contributed by atoms with Gasteiger partial charge in [0.2, 0.25) is 0 Å². The Balaban J connectivity index is 0.950. The highest BCUT2D eigenvalue weighted by atomic mass is 16.8. The number of aliphatic hydroxyl groups excluding tert-OH is 8. The normalized spacial score (nSPS) is 55.0. The van der Waals surface area contributed by atoms with Gasteiger partial charge in [0.1, 0.15) is 84.8 Å². The molecule has 24 unspecified atom stereocenters. The van der Waals surface area contributed by atoms with Gasteiger partial charge in [-0.15, -0.1) is 0 Å². The van der Waals surface area contributed by atoms with Crippen LogP contribution in [0.5, 0.6) is 0 Å². The summed E-state index contributed by atoms with van der Waals surface area (Å²) < 4.78 is 47.5. The van der Waals surface area contributed by atoms with E-state index in [-0.39, 0.29) is 53.2 Å². The van der Waals surface area contributed by atoms with Crippen molar-refractivity contribution in [2.24, 2.45) is 50.7 Å². The van der Waals surface area contributed by atoms with Crippen molar-refractivity contribution in [3.63, 3.8) is 0 Å². The summed E-state index contributed by atoms with van der Waals surface area (Å²) in [5.41, 5.74) is -3.66. The predicted octanol–water partition coefficient (Wildman–Crippen LogP) is 0.563. The summed E-state index contributed by atoms with van der Waals surface area (Å²) in [7, 11) is 0. The number of hydrogen-bond donors (Lipinski definition) is 9. The number of hydrogen-bond acceptors (Lipinski definition) is 19. The lowest BCUT2D eigenvalue weighted by atomic mass is 9.31. The Hall–Kier alpha value is -1.66. The van der Waals surface area contributed by atoms with E-state index in [4.69, 9.17) is 37.9 Å². The number of carbonyl (C=O) groups excluding carboxylic acids is 2. The van der Waals surface area contributed by atoms with Crippen LogP contribution in [-0.2, 0) is 47.5 Å². The second-order valence-electron chi connectivity index (χ2n) is 23.9. The maximum absolute atomic E-state index is 14.4. The zero-order chi connectivity index (χ0) is 49.3. The minimum absolute atomic E-state index is 0.0118. The maximum atomic E-state index is 14.4. The molecule has 5 saturated carbocycles. The van der Waals surface area contributed by atoms with Crippen molar-refractivity contribution in [1.29, 1.82) is 0 Å². The lowest BCUT2D eigenvalue weighted by Crippen LogP contribution is -2.74. The molecule has 2 bridgehead atoms. The molecule has 4 heterocycles. The van der Waals surface area contributed by atoms with Crippen molar-refractivity contribution in [2.75, 3.05) is 26.4 Å². The third-order valence-corrected chi connectivity index (χ3v) is 20.3. The number of ether oxygens (including phenoxy) is 8. The molecule has 0 aromatic carbocycles. The summed E-state index contributed by atoms with van der Waals surface area (Å²) in [4.78, 5) is 25.9. The molecule has 0 radical (unpaired) electrons. The van der Waals surface area contributed by atoms with Gasteiger partial charge in [-0.3, -0.25) is 9.59 Å². The molecule has 0 spiro atoms. The summed E-state index contributed by atoms with van der Waals surface area (Å²) in [6, 6.07) is 0. The number of esters is 2. The molecule has 0 amide bonds. The molecule has 9 N–H and O–H groups in total. The van der Waals surface area contributed by atoms with E-state index in [0.717, 1.165) is 57.8 Å². The Morgan fingerprint density at radius 3 is 1.93 bits per heavy atom. The van der Waals surface area contributed by atoms with E-state index < -0.39 is 127 Å². The van der Waals surface area contributed by atoms with Crippen LogP contribution in [0.15, 0.2) is 0 Å². The van der Waals surface area contributed by atoms with Crippen molar-refractivity contribution in [3.8, 4) is 0 Å². The monoisotopic (exact) mass is 971 g/mol. The van der Waals surface area contributed by atoms with E-state index in [9.17, 15) is 55.5 Å². The molecule has 388 valence electrons. The van der Waals surface area contributed by atoms with Crippen LogP contribution in [0.1, 0.15) is 119 Å². The molecule has 9 aliphatic rings. The summed E-state index contributed by atoms with van der Waals surface area (Å²) in [6.07, 6.45) is -12.5. The largest absolute Gasteiger partial charge is 0.463 e. The summed E-state index contributed by atoms with van der Waals surface area (Å²) in [5, 5.41) is 98.7. The van der Waals surface area contributed by atoms with Gasteiger partial charge in [0, 0.05) is 12.8 Å². The van der Waals surface area contributed by atoms with Gasteiger partial charge in [-0.25, -0.2) is 0 Å². The van der Waals surface area contributed by atoms with E-state index in [0.29, 0.717) is 18.8 Å². The zero-order valence-electron chi connectivity index (χ0n) is 40.6. The van der Waals surface area contributed by atoms with E-state index in [2.05, 4.69) is 27.7 Å². The van der Waals surface area contributed by atoms with Gasteiger partial charge in [-0.2, -0.15) is 0 Å². The molecular formula is C49H78O19. The molecule has 24 atom stereocenters. The van der Waals surface area contributed by atoms with E-state index in [1.54, 1.807) is 0 Å². The van der Waals surface area contributed by atoms with Crippen LogP contribution in [0, 0.1) is 50.7 Å². The highest BCUT2D eigenvalue weighted by molar-refractivity contribution is 5.82. The van der Waals surface area contributed by atoms with E-state index in [1.807, 2.05) is 13.8 Å². The first-order chi connectivity index (χ1) is 31.8. The number of rotatable bonds is 11. The zero-order valence-corrected chi connectivity index (χ0v) is 40.6. The molecule has 4 saturated heterocycles. The first-order valence-corrected chi connectivity index (χ1v) is 25.1. The molecule has 19 heteroatoms. The van der Waals surface area contributed by atoms with Crippen LogP contribution in [-0.4, -0.2) is 182 Å². The third kappa shape index (κ3) is 7.51. The highest BCUT2D eigenvalue weighted by Crippen LogP contribution is 2.80. The smallest absolute Gasteiger partial charge is 0.315 e. The van der Waals surface area contributed by atoms with Crippen molar-refractivity contribution in [3.05, 3.63) is 0 Å². The quantitative estimate of drug-likeness (QED) is 0.128. The lowest BCUT2D eigenvalue weighted by Gasteiger charge is -2.74. The average molecular weight is 971 g/mol. The fourth-order valence-corrected chi connectivity index (χ4v) is 16.8. The first-order valence-electron chi connectivity index (χ1n) is 25.1. The van der Waals surface area contributed by atoms with Crippen molar-refractivity contribution in [2.45, 2.75) is 216 Å². The Kier molecular flexibility index (Phi) is 13.4. The number of carbonyl (C=O) groups is 2. The SMILES string of the molecule is CC(=O)OCC1OC(OC2C(OCC3(C)CCCC4(C)C3CCC3(C)C4CCC4C3(C)CCC3(O)C5CCC43C(=O)OC5(C)C)OC(COC3OC(CO)C(O)C(O)C3O)C(O)C2O)C(O)C1O. The lowest BCUT2D eigenvalue weighted by molar-refractivity contribution is -0.355. The second kappa shape index (κ2) is 17.8. The number of cyclic esters (lactones) is 1. The van der Waals surface area contributed by atoms with Crippen molar-refractivity contribution in [1.82, 2.24) is 0 Å². The fourth-order valence-electron chi connectivity index (χ4n) is 16.8. The summed E-state index contributed by atoms with van der Waals surface area (Å²) in [6.45, 7) is 13.1. The molecule has 9 fully saturated rings. The van der Waals surface area contributed by atoms with Crippen LogP contribution in [0.3, 0.4) is 0 Å². The van der Waals surface area contributed by atoms with Crippen molar-refractivity contribution < 1.29 is 93.4 Å². The van der Waals surface area contributed by atoms with Gasteiger partial charge in [-0.1, -0.05) is 34.1 Å². The number of fused-ring (bicyclic) bond motifs is 5. The third-order valence-electron chi connectivity index (χ3n) is 20.3. The van der Waals surface area contributed by atoms with Gasteiger partial charge in [0.25, 0.3) is 0 Å². The first kappa shape index (κ1) is 51.2. The Morgan fingerprint density at radius 2 is 1.22 bits per heavy atom. The van der Waals surface area contributed by atoms with E-state index in [1.165, 1.54) is 6.92 Å². The molecular weight excluding hydrogens is 893 g/mol. The van der Waals surface area contributed by atoms with Gasteiger partial charge in [0.15, 0.2) is 18.9 Å². The van der Waals surface area contributed by atoms with Crippen LogP contribution < -0.4 is 0 Å². The molecule has 0 aromatic heterocycles.